The summed E-state index contributed by atoms with van der Waals surface area (Å²) in [5, 5.41) is 6.54. The van der Waals surface area contributed by atoms with E-state index in [-0.39, 0.29) is 0 Å². The van der Waals surface area contributed by atoms with Crippen molar-refractivity contribution in [1.82, 2.24) is 4.98 Å². The van der Waals surface area contributed by atoms with Crippen molar-refractivity contribution < 1.29 is 9.47 Å². The van der Waals surface area contributed by atoms with Crippen LogP contribution in [0.4, 0.5) is 5.69 Å². The van der Waals surface area contributed by atoms with Crippen LogP contribution >= 0.6 is 11.3 Å². The maximum absolute atomic E-state index is 6.06. The van der Waals surface area contributed by atoms with Gasteiger partial charge in [-0.15, -0.1) is 11.3 Å². The van der Waals surface area contributed by atoms with Gasteiger partial charge in [0.15, 0.2) is 0 Å². The minimum absolute atomic E-state index is 0.449. The number of benzene rings is 1. The smallest absolute Gasteiger partial charge is 0.119 e. The van der Waals surface area contributed by atoms with E-state index in [1.165, 1.54) is 37.7 Å². The standard InChI is InChI=1S/C19H26N2O2S/c1-22-13-19-21-17(14-24-19)11-20-16-7-5-6-15(10-16)12-23-18-8-3-2-4-9-18/h5-7,10,14,18,20H,2-4,8-9,11-13H2,1H3. The molecule has 3 rings (SSSR count). The Balaban J connectivity index is 1.48. The summed E-state index contributed by atoms with van der Waals surface area (Å²) >= 11 is 1.64. The molecule has 1 fully saturated rings. The highest BCUT2D eigenvalue weighted by molar-refractivity contribution is 7.09. The molecular weight excluding hydrogens is 320 g/mol. The number of nitrogens with zero attached hydrogens (tertiary/aromatic N) is 1. The van der Waals surface area contributed by atoms with E-state index in [0.29, 0.717) is 19.3 Å². The second-order valence-electron chi connectivity index (χ2n) is 6.29. The molecule has 1 aliphatic carbocycles. The number of nitrogens with one attached hydrogen (secondary N) is 1. The van der Waals surface area contributed by atoms with Crippen LogP contribution in [0.25, 0.3) is 0 Å². The van der Waals surface area contributed by atoms with Crippen molar-refractivity contribution in [1.29, 1.82) is 0 Å². The number of hydrogen-bond acceptors (Lipinski definition) is 5. The first kappa shape index (κ1) is 17.4. The second-order valence-corrected chi connectivity index (χ2v) is 7.23. The minimum atomic E-state index is 0.449. The predicted molar refractivity (Wildman–Crippen MR) is 98.3 cm³/mol. The fraction of sp³-hybridized carbons (Fsp3) is 0.526. The fourth-order valence-corrected chi connectivity index (χ4v) is 3.79. The average molecular weight is 346 g/mol. The summed E-state index contributed by atoms with van der Waals surface area (Å²) in [6.45, 7) is 2.01. The molecule has 1 N–H and O–H groups in total. The van der Waals surface area contributed by atoms with E-state index in [4.69, 9.17) is 9.47 Å². The van der Waals surface area contributed by atoms with E-state index in [1.807, 2.05) is 0 Å². The molecule has 0 amide bonds. The van der Waals surface area contributed by atoms with Crippen LogP contribution in [-0.4, -0.2) is 18.2 Å². The van der Waals surface area contributed by atoms with Crippen molar-refractivity contribution in [3.63, 3.8) is 0 Å². The zero-order valence-electron chi connectivity index (χ0n) is 14.3. The molecule has 4 nitrogen and oxygen atoms in total. The largest absolute Gasteiger partial charge is 0.379 e. The molecule has 1 aromatic carbocycles. The van der Waals surface area contributed by atoms with Crippen LogP contribution in [0.1, 0.15) is 48.4 Å². The first-order valence-electron chi connectivity index (χ1n) is 8.70. The number of aromatic nitrogens is 1. The van der Waals surface area contributed by atoms with Crippen LogP contribution in [0.2, 0.25) is 0 Å². The predicted octanol–water partition coefficient (Wildman–Crippen LogP) is 4.75. The number of methoxy groups -OCH3 is 1. The van der Waals surface area contributed by atoms with Gasteiger partial charge in [-0.25, -0.2) is 4.98 Å². The van der Waals surface area contributed by atoms with Gasteiger partial charge in [0.05, 0.1) is 31.6 Å². The zero-order valence-corrected chi connectivity index (χ0v) is 15.1. The van der Waals surface area contributed by atoms with Crippen molar-refractivity contribution in [3.05, 3.63) is 45.9 Å². The van der Waals surface area contributed by atoms with Crippen molar-refractivity contribution in [2.24, 2.45) is 0 Å². The summed E-state index contributed by atoms with van der Waals surface area (Å²) in [5.41, 5.74) is 3.39. The number of ether oxygens (including phenoxy) is 2. The lowest BCUT2D eigenvalue weighted by atomic mass is 9.98. The summed E-state index contributed by atoms with van der Waals surface area (Å²) in [7, 11) is 1.69. The molecule has 0 spiro atoms. The molecule has 0 radical (unpaired) electrons. The Labute approximate surface area is 148 Å². The topological polar surface area (TPSA) is 43.4 Å². The van der Waals surface area contributed by atoms with Gasteiger partial charge in [0.1, 0.15) is 5.01 Å². The van der Waals surface area contributed by atoms with Crippen LogP contribution in [-0.2, 0) is 29.2 Å². The lowest BCUT2D eigenvalue weighted by molar-refractivity contribution is 0.0169. The quantitative estimate of drug-likeness (QED) is 0.749. The van der Waals surface area contributed by atoms with Crippen molar-refractivity contribution in [2.75, 3.05) is 12.4 Å². The summed E-state index contributed by atoms with van der Waals surface area (Å²) in [5.74, 6) is 0. The van der Waals surface area contributed by atoms with Gasteiger partial charge >= 0.3 is 0 Å². The van der Waals surface area contributed by atoms with Crippen molar-refractivity contribution in [2.45, 2.75) is 58.0 Å². The molecule has 1 aliphatic rings. The maximum Gasteiger partial charge on any atom is 0.119 e. The van der Waals surface area contributed by atoms with Gasteiger partial charge in [0, 0.05) is 18.2 Å². The first-order chi connectivity index (χ1) is 11.8. The molecule has 2 aromatic rings. The number of thiazole rings is 1. The van der Waals surface area contributed by atoms with Gasteiger partial charge < -0.3 is 14.8 Å². The van der Waals surface area contributed by atoms with Gasteiger partial charge in [-0.05, 0) is 30.5 Å². The third-order valence-corrected chi connectivity index (χ3v) is 5.18. The van der Waals surface area contributed by atoms with Gasteiger partial charge in [-0.3, -0.25) is 0 Å². The Morgan fingerprint density at radius 3 is 2.92 bits per heavy atom. The van der Waals surface area contributed by atoms with Crippen LogP contribution in [0.15, 0.2) is 29.6 Å². The van der Waals surface area contributed by atoms with Crippen molar-refractivity contribution in [3.8, 4) is 0 Å². The number of anilines is 1. The third kappa shape index (κ3) is 5.30. The van der Waals surface area contributed by atoms with E-state index in [0.717, 1.165) is 22.9 Å². The average Bonchev–Trinajstić information content (AvgIpc) is 3.07. The molecule has 0 bridgehead atoms. The van der Waals surface area contributed by atoms with E-state index in [9.17, 15) is 0 Å². The molecule has 1 aromatic heterocycles. The van der Waals surface area contributed by atoms with Gasteiger partial charge in [-0.1, -0.05) is 31.4 Å². The Morgan fingerprint density at radius 1 is 1.21 bits per heavy atom. The lowest BCUT2D eigenvalue weighted by Gasteiger charge is -2.22. The Kier molecular flexibility index (Phi) is 6.64. The van der Waals surface area contributed by atoms with Crippen LogP contribution in [0.5, 0.6) is 0 Å². The van der Waals surface area contributed by atoms with Gasteiger partial charge in [0.25, 0.3) is 0 Å². The molecule has 5 heteroatoms. The first-order valence-corrected chi connectivity index (χ1v) is 9.58. The molecule has 130 valence electrons. The van der Waals surface area contributed by atoms with Crippen LogP contribution < -0.4 is 5.32 Å². The molecule has 0 aliphatic heterocycles. The molecule has 0 saturated heterocycles. The molecular formula is C19H26N2O2S. The van der Waals surface area contributed by atoms with E-state index in [2.05, 4.69) is 39.9 Å². The Bertz CT molecular complexity index is 623. The summed E-state index contributed by atoms with van der Waals surface area (Å²) in [6.07, 6.45) is 6.86. The number of hydrogen-bond donors (Lipinski definition) is 1. The summed E-state index contributed by atoms with van der Waals surface area (Å²) < 4.78 is 11.2. The monoisotopic (exact) mass is 346 g/mol. The minimum Gasteiger partial charge on any atom is -0.379 e. The van der Waals surface area contributed by atoms with Crippen LogP contribution in [0.3, 0.4) is 0 Å². The van der Waals surface area contributed by atoms with E-state index >= 15 is 0 Å². The second kappa shape index (κ2) is 9.16. The maximum atomic E-state index is 6.06. The van der Waals surface area contributed by atoms with Crippen molar-refractivity contribution >= 4 is 17.0 Å². The Hall–Kier alpha value is -1.43. The fourth-order valence-electron chi connectivity index (χ4n) is 3.03. The number of rotatable bonds is 8. The highest BCUT2D eigenvalue weighted by Gasteiger charge is 2.13. The van der Waals surface area contributed by atoms with E-state index in [1.54, 1.807) is 18.4 Å². The zero-order chi connectivity index (χ0) is 16.6. The van der Waals surface area contributed by atoms with Gasteiger partial charge in [-0.2, -0.15) is 0 Å². The molecule has 1 saturated carbocycles. The summed E-state index contributed by atoms with van der Waals surface area (Å²) in [4.78, 5) is 4.54. The highest BCUT2D eigenvalue weighted by Crippen LogP contribution is 2.22. The molecule has 1 heterocycles. The third-order valence-electron chi connectivity index (χ3n) is 4.31. The highest BCUT2D eigenvalue weighted by atomic mass is 32.1. The Morgan fingerprint density at radius 2 is 2.08 bits per heavy atom. The normalized spacial score (nSPS) is 15.5. The lowest BCUT2D eigenvalue weighted by Crippen LogP contribution is -2.16. The van der Waals surface area contributed by atoms with Gasteiger partial charge in [0.2, 0.25) is 0 Å². The van der Waals surface area contributed by atoms with Crippen LogP contribution in [0, 0.1) is 0 Å². The molecule has 24 heavy (non-hydrogen) atoms. The van der Waals surface area contributed by atoms with E-state index < -0.39 is 0 Å². The molecule has 0 unspecified atom stereocenters. The summed E-state index contributed by atoms with van der Waals surface area (Å²) in [6, 6.07) is 8.48. The SMILES string of the molecule is COCc1nc(CNc2cccc(COC3CCCCC3)c2)cs1. The molecule has 0 atom stereocenters.